The Kier molecular flexibility index (Phi) is 4.05. The van der Waals surface area contributed by atoms with Crippen LogP contribution in [0.5, 0.6) is 0 Å². The van der Waals surface area contributed by atoms with Gasteiger partial charge in [-0.3, -0.25) is 4.79 Å². The molecule has 0 unspecified atom stereocenters. The number of carbonyl (C=O) groups is 1. The van der Waals surface area contributed by atoms with Crippen molar-refractivity contribution in [2.45, 2.75) is 13.1 Å². The molecule has 0 bridgehead atoms. The van der Waals surface area contributed by atoms with Crippen molar-refractivity contribution in [3.05, 3.63) is 35.8 Å². The number of nitrogens with zero attached hydrogens (tertiary/aromatic N) is 4. The minimum Gasteiger partial charge on any atom is -0.361 e. The van der Waals surface area contributed by atoms with Crippen molar-refractivity contribution in [3.63, 3.8) is 0 Å². The second kappa shape index (κ2) is 5.77. The lowest BCUT2D eigenvalue weighted by molar-refractivity contribution is -0.115. The first-order chi connectivity index (χ1) is 9.83. The SMILES string of the molecule is Cc1cc(C(=O)Nn2ccnn2)cc(NCC(F)(F)F)n1. The van der Waals surface area contributed by atoms with E-state index in [0.717, 1.165) is 4.79 Å². The quantitative estimate of drug-likeness (QED) is 0.890. The Balaban J connectivity index is 2.12. The molecule has 0 spiro atoms. The Hall–Kier alpha value is -2.65. The summed E-state index contributed by atoms with van der Waals surface area (Å²) in [6.45, 7) is 0.346. The smallest absolute Gasteiger partial charge is 0.361 e. The minimum absolute atomic E-state index is 0.0314. The predicted octanol–water partition coefficient (Wildman–Crippen LogP) is 1.34. The Morgan fingerprint density at radius 2 is 2.14 bits per heavy atom. The van der Waals surface area contributed by atoms with Crippen LogP contribution in [-0.4, -0.2) is 38.7 Å². The van der Waals surface area contributed by atoms with E-state index in [4.69, 9.17) is 0 Å². The van der Waals surface area contributed by atoms with Gasteiger partial charge in [-0.15, -0.1) is 5.10 Å². The summed E-state index contributed by atoms with van der Waals surface area (Å²) in [5.74, 6) is -0.572. The third-order valence-electron chi connectivity index (χ3n) is 2.32. The zero-order valence-corrected chi connectivity index (χ0v) is 10.8. The molecule has 0 aliphatic carbocycles. The van der Waals surface area contributed by atoms with Crippen LogP contribution in [0.1, 0.15) is 16.1 Å². The Morgan fingerprint density at radius 1 is 1.38 bits per heavy atom. The number of hydrogen-bond acceptors (Lipinski definition) is 5. The Bertz CT molecular complexity index is 625. The number of halogens is 3. The van der Waals surface area contributed by atoms with Crippen LogP contribution in [0.3, 0.4) is 0 Å². The second-order valence-electron chi connectivity index (χ2n) is 4.14. The van der Waals surface area contributed by atoms with Crippen LogP contribution >= 0.6 is 0 Å². The van der Waals surface area contributed by atoms with Crippen LogP contribution in [0.4, 0.5) is 19.0 Å². The van der Waals surface area contributed by atoms with Gasteiger partial charge in [0, 0.05) is 11.3 Å². The van der Waals surface area contributed by atoms with Gasteiger partial charge >= 0.3 is 6.18 Å². The van der Waals surface area contributed by atoms with Gasteiger partial charge in [0.15, 0.2) is 0 Å². The lowest BCUT2D eigenvalue weighted by atomic mass is 10.2. The van der Waals surface area contributed by atoms with Crippen LogP contribution in [-0.2, 0) is 0 Å². The van der Waals surface area contributed by atoms with Crippen molar-refractivity contribution in [3.8, 4) is 0 Å². The van der Waals surface area contributed by atoms with E-state index in [-0.39, 0.29) is 11.4 Å². The number of nitrogens with one attached hydrogen (secondary N) is 2. The summed E-state index contributed by atoms with van der Waals surface area (Å²) < 4.78 is 36.5. The number of amides is 1. The number of alkyl halides is 3. The summed E-state index contributed by atoms with van der Waals surface area (Å²) in [6.07, 6.45) is -1.59. The maximum absolute atomic E-state index is 12.2. The molecule has 21 heavy (non-hydrogen) atoms. The zero-order chi connectivity index (χ0) is 15.5. The first-order valence-corrected chi connectivity index (χ1v) is 5.80. The molecule has 2 heterocycles. The van der Waals surface area contributed by atoms with E-state index in [1.54, 1.807) is 6.92 Å². The summed E-state index contributed by atoms with van der Waals surface area (Å²) in [7, 11) is 0. The Labute approximate surface area is 117 Å². The van der Waals surface area contributed by atoms with Gasteiger partial charge in [-0.2, -0.15) is 18.0 Å². The molecule has 2 aromatic rings. The number of aryl methyl sites for hydroxylation is 1. The first-order valence-electron chi connectivity index (χ1n) is 5.80. The molecule has 0 atom stereocenters. The molecular formula is C11H11F3N6O. The van der Waals surface area contributed by atoms with E-state index >= 15 is 0 Å². The average Bonchev–Trinajstić information content (AvgIpc) is 2.88. The maximum atomic E-state index is 12.2. The summed E-state index contributed by atoms with van der Waals surface area (Å²) in [6, 6.07) is 2.68. The molecular weight excluding hydrogens is 289 g/mol. The minimum atomic E-state index is -4.37. The summed E-state index contributed by atoms with van der Waals surface area (Å²) in [5.41, 5.74) is 2.95. The zero-order valence-electron chi connectivity index (χ0n) is 10.8. The van der Waals surface area contributed by atoms with Gasteiger partial charge in [-0.25, -0.2) is 10.4 Å². The fraction of sp³-hybridized carbons (Fsp3) is 0.273. The topological polar surface area (TPSA) is 84.7 Å². The molecule has 112 valence electrons. The molecule has 2 N–H and O–H groups in total. The molecule has 0 aromatic carbocycles. The predicted molar refractivity (Wildman–Crippen MR) is 67.2 cm³/mol. The number of anilines is 1. The third-order valence-corrected chi connectivity index (χ3v) is 2.32. The van der Waals surface area contributed by atoms with E-state index in [1.165, 1.54) is 24.5 Å². The van der Waals surface area contributed by atoms with Crippen LogP contribution in [0.25, 0.3) is 0 Å². The number of carbonyl (C=O) groups excluding carboxylic acids is 1. The molecule has 0 saturated carbocycles. The third kappa shape index (κ3) is 4.44. The normalized spacial score (nSPS) is 11.2. The molecule has 10 heteroatoms. The van der Waals surface area contributed by atoms with Crippen LogP contribution in [0, 0.1) is 6.92 Å². The van der Waals surface area contributed by atoms with Crippen molar-refractivity contribution in [2.75, 3.05) is 17.3 Å². The molecule has 0 fully saturated rings. The van der Waals surface area contributed by atoms with Gasteiger partial charge in [0.2, 0.25) is 0 Å². The fourth-order valence-electron chi connectivity index (χ4n) is 1.52. The summed E-state index contributed by atoms with van der Waals surface area (Å²) in [4.78, 5) is 16.9. The van der Waals surface area contributed by atoms with E-state index in [2.05, 4.69) is 26.0 Å². The van der Waals surface area contributed by atoms with Crippen LogP contribution in [0.2, 0.25) is 0 Å². The number of hydrogen-bond donors (Lipinski definition) is 2. The average molecular weight is 300 g/mol. The standard InChI is InChI=1S/C11H11F3N6O/c1-7-4-8(10(21)18-20-3-2-16-19-20)5-9(17-7)15-6-11(12,13)14/h2-5H,6H2,1H3,(H,15,17)(H,18,21). The van der Waals surface area contributed by atoms with Gasteiger partial charge in [0.25, 0.3) is 5.91 Å². The number of rotatable bonds is 4. The highest BCUT2D eigenvalue weighted by molar-refractivity contribution is 6.00. The highest BCUT2D eigenvalue weighted by atomic mass is 19.4. The van der Waals surface area contributed by atoms with E-state index in [9.17, 15) is 18.0 Å². The molecule has 0 aliphatic heterocycles. The lowest BCUT2D eigenvalue weighted by Gasteiger charge is -2.11. The molecule has 0 aliphatic rings. The Morgan fingerprint density at radius 3 is 2.76 bits per heavy atom. The van der Waals surface area contributed by atoms with Gasteiger partial charge in [-0.1, -0.05) is 0 Å². The van der Waals surface area contributed by atoms with Gasteiger partial charge in [0.1, 0.15) is 12.4 Å². The van der Waals surface area contributed by atoms with E-state index < -0.39 is 18.6 Å². The van der Waals surface area contributed by atoms with Crippen molar-refractivity contribution >= 4 is 11.7 Å². The van der Waals surface area contributed by atoms with E-state index in [0.29, 0.717) is 5.69 Å². The van der Waals surface area contributed by atoms with Crippen LogP contribution in [0.15, 0.2) is 24.5 Å². The number of pyridine rings is 1. The first kappa shape index (κ1) is 14.8. The lowest BCUT2D eigenvalue weighted by Crippen LogP contribution is -2.25. The highest BCUT2D eigenvalue weighted by Crippen LogP contribution is 2.17. The molecule has 2 aromatic heterocycles. The summed E-state index contributed by atoms with van der Waals surface area (Å²) >= 11 is 0. The summed E-state index contributed by atoms with van der Waals surface area (Å²) in [5, 5.41) is 9.19. The second-order valence-corrected chi connectivity index (χ2v) is 4.14. The van der Waals surface area contributed by atoms with Crippen molar-refractivity contribution < 1.29 is 18.0 Å². The molecule has 7 nitrogen and oxygen atoms in total. The van der Waals surface area contributed by atoms with Gasteiger partial charge in [0.05, 0.1) is 12.4 Å². The van der Waals surface area contributed by atoms with Crippen molar-refractivity contribution in [1.82, 2.24) is 20.1 Å². The van der Waals surface area contributed by atoms with Crippen molar-refractivity contribution in [1.29, 1.82) is 0 Å². The molecule has 1 amide bonds. The van der Waals surface area contributed by atoms with Gasteiger partial charge in [-0.05, 0) is 24.3 Å². The maximum Gasteiger partial charge on any atom is 0.405 e. The van der Waals surface area contributed by atoms with Gasteiger partial charge < -0.3 is 5.32 Å². The monoisotopic (exact) mass is 300 g/mol. The largest absolute Gasteiger partial charge is 0.405 e. The molecule has 2 rings (SSSR count). The van der Waals surface area contributed by atoms with Crippen molar-refractivity contribution in [2.24, 2.45) is 0 Å². The number of aromatic nitrogens is 4. The fourth-order valence-corrected chi connectivity index (χ4v) is 1.52. The highest BCUT2D eigenvalue weighted by Gasteiger charge is 2.27. The molecule has 0 radical (unpaired) electrons. The molecule has 0 saturated heterocycles. The van der Waals surface area contributed by atoms with Crippen LogP contribution < -0.4 is 10.7 Å². The van der Waals surface area contributed by atoms with E-state index in [1.807, 2.05) is 0 Å².